The molecule has 0 radical (unpaired) electrons. The van der Waals surface area contributed by atoms with Gasteiger partial charge in [0.15, 0.2) is 0 Å². The lowest BCUT2D eigenvalue weighted by Gasteiger charge is -2.10. The first kappa shape index (κ1) is 17.3. The van der Waals surface area contributed by atoms with Gasteiger partial charge in [-0.1, -0.05) is 0 Å². The Morgan fingerprint density at radius 1 is 1.24 bits per heavy atom. The number of anilines is 2. The van der Waals surface area contributed by atoms with Gasteiger partial charge in [0.1, 0.15) is 0 Å². The smallest absolute Gasteiger partial charge is 0.251 e. The molecule has 0 aliphatic carbocycles. The largest absolute Gasteiger partial charge is 0.397 e. The molecule has 0 aliphatic heterocycles. The molecule has 0 heterocycles. The van der Waals surface area contributed by atoms with Crippen molar-refractivity contribution in [3.05, 3.63) is 23.8 Å². The summed E-state index contributed by atoms with van der Waals surface area (Å²) in [6.07, 6.45) is 1.97. The van der Waals surface area contributed by atoms with Crippen LogP contribution in [0.15, 0.2) is 18.2 Å². The van der Waals surface area contributed by atoms with Gasteiger partial charge >= 0.3 is 0 Å². The molecule has 1 aromatic carbocycles. The monoisotopic (exact) mass is 295 g/mol. The summed E-state index contributed by atoms with van der Waals surface area (Å²) in [5.41, 5.74) is 7.92. The van der Waals surface area contributed by atoms with Gasteiger partial charge in [0.25, 0.3) is 5.91 Å². The van der Waals surface area contributed by atoms with Crippen LogP contribution in [0.5, 0.6) is 0 Å². The molecule has 0 unspecified atom stereocenters. The minimum absolute atomic E-state index is 0.138. The predicted molar refractivity (Wildman–Crippen MR) is 84.7 cm³/mol. The maximum Gasteiger partial charge on any atom is 0.251 e. The number of nitrogens with one attached hydrogen (secondary N) is 2. The Morgan fingerprint density at radius 3 is 2.71 bits per heavy atom. The number of hydrogen-bond acceptors (Lipinski definition) is 5. The zero-order valence-corrected chi connectivity index (χ0v) is 12.8. The van der Waals surface area contributed by atoms with Crippen LogP contribution in [0.1, 0.15) is 23.2 Å². The lowest BCUT2D eigenvalue weighted by Crippen LogP contribution is -2.18. The van der Waals surface area contributed by atoms with Crippen LogP contribution in [-0.2, 0) is 9.47 Å². The normalized spacial score (nSPS) is 10.4. The van der Waals surface area contributed by atoms with E-state index in [1.807, 2.05) is 6.07 Å². The number of carbonyl (C=O) groups excluding carboxylic acids is 1. The number of amides is 1. The third-order valence-corrected chi connectivity index (χ3v) is 3.00. The van der Waals surface area contributed by atoms with Gasteiger partial charge in [-0.3, -0.25) is 4.79 Å². The Labute approximate surface area is 126 Å². The highest BCUT2D eigenvalue weighted by Gasteiger charge is 2.05. The molecular weight excluding hydrogens is 270 g/mol. The zero-order chi connectivity index (χ0) is 15.5. The van der Waals surface area contributed by atoms with Gasteiger partial charge in [-0.2, -0.15) is 0 Å². The molecule has 4 N–H and O–H groups in total. The van der Waals surface area contributed by atoms with Crippen molar-refractivity contribution in [1.82, 2.24) is 5.32 Å². The summed E-state index contributed by atoms with van der Waals surface area (Å²) in [5, 5.41) is 5.83. The van der Waals surface area contributed by atoms with Crippen molar-refractivity contribution in [3.8, 4) is 0 Å². The van der Waals surface area contributed by atoms with Crippen LogP contribution in [0.4, 0.5) is 11.4 Å². The van der Waals surface area contributed by atoms with E-state index in [0.717, 1.165) is 31.7 Å². The molecule has 118 valence electrons. The van der Waals surface area contributed by atoms with Crippen LogP contribution in [0.2, 0.25) is 0 Å². The molecule has 6 nitrogen and oxygen atoms in total. The maximum atomic E-state index is 11.5. The molecule has 1 amide bonds. The fourth-order valence-corrected chi connectivity index (χ4v) is 1.81. The van der Waals surface area contributed by atoms with Crippen molar-refractivity contribution in [1.29, 1.82) is 0 Å². The summed E-state index contributed by atoms with van der Waals surface area (Å²) in [7, 11) is 3.26. The number of hydrogen-bond donors (Lipinski definition) is 3. The topological polar surface area (TPSA) is 85.6 Å². The predicted octanol–water partition coefficient (Wildman–Crippen LogP) is 1.48. The van der Waals surface area contributed by atoms with E-state index in [9.17, 15) is 4.79 Å². The number of carbonyl (C=O) groups is 1. The number of nitrogens with two attached hydrogens (primary N) is 1. The van der Waals surface area contributed by atoms with E-state index in [0.29, 0.717) is 24.5 Å². The first-order valence-electron chi connectivity index (χ1n) is 7.11. The van der Waals surface area contributed by atoms with E-state index in [1.165, 1.54) is 0 Å². The van der Waals surface area contributed by atoms with Gasteiger partial charge in [0.2, 0.25) is 0 Å². The molecule has 0 aliphatic rings. The molecule has 6 heteroatoms. The number of ether oxygens (including phenoxy) is 2. The number of nitrogen functional groups attached to an aromatic ring is 1. The number of rotatable bonds is 10. The van der Waals surface area contributed by atoms with Crippen molar-refractivity contribution in [2.45, 2.75) is 12.8 Å². The van der Waals surface area contributed by atoms with Crippen LogP contribution >= 0.6 is 0 Å². The second kappa shape index (κ2) is 10.0. The van der Waals surface area contributed by atoms with E-state index in [4.69, 9.17) is 15.2 Å². The van der Waals surface area contributed by atoms with Crippen molar-refractivity contribution >= 4 is 17.3 Å². The van der Waals surface area contributed by atoms with E-state index in [2.05, 4.69) is 10.6 Å². The number of methoxy groups -OCH3 is 1. The van der Waals surface area contributed by atoms with Crippen LogP contribution in [0.25, 0.3) is 0 Å². The van der Waals surface area contributed by atoms with E-state index in [1.54, 1.807) is 26.3 Å². The fraction of sp³-hybridized carbons (Fsp3) is 0.533. The lowest BCUT2D eigenvalue weighted by atomic mass is 10.1. The number of benzene rings is 1. The fourth-order valence-electron chi connectivity index (χ4n) is 1.81. The van der Waals surface area contributed by atoms with Crippen molar-refractivity contribution in [3.63, 3.8) is 0 Å². The first-order valence-corrected chi connectivity index (χ1v) is 7.11. The molecule has 21 heavy (non-hydrogen) atoms. The number of unbranched alkanes of at least 4 members (excludes halogenated alkanes) is 1. The summed E-state index contributed by atoms with van der Waals surface area (Å²) in [5.74, 6) is -0.138. The summed E-state index contributed by atoms with van der Waals surface area (Å²) >= 11 is 0. The third kappa shape index (κ3) is 6.46. The average molecular weight is 295 g/mol. The van der Waals surface area contributed by atoms with Gasteiger partial charge < -0.3 is 25.8 Å². The Balaban J connectivity index is 2.25. The molecule has 1 aromatic rings. The highest BCUT2D eigenvalue weighted by molar-refractivity contribution is 5.95. The van der Waals surface area contributed by atoms with E-state index >= 15 is 0 Å². The van der Waals surface area contributed by atoms with Crippen LogP contribution in [-0.4, -0.2) is 46.4 Å². The second-order valence-corrected chi connectivity index (χ2v) is 4.62. The molecule has 0 saturated heterocycles. The Kier molecular flexibility index (Phi) is 8.23. The average Bonchev–Trinajstić information content (AvgIpc) is 2.50. The van der Waals surface area contributed by atoms with Crippen LogP contribution < -0.4 is 16.4 Å². The molecule has 1 rings (SSSR count). The molecule has 0 fully saturated rings. The molecular formula is C15H25N3O3. The van der Waals surface area contributed by atoms with Gasteiger partial charge in [-0.15, -0.1) is 0 Å². The van der Waals surface area contributed by atoms with Crippen LogP contribution in [0.3, 0.4) is 0 Å². The highest BCUT2D eigenvalue weighted by atomic mass is 16.5. The molecule has 0 bridgehead atoms. The quantitative estimate of drug-likeness (QED) is 0.450. The van der Waals surface area contributed by atoms with E-state index < -0.39 is 0 Å². The first-order chi connectivity index (χ1) is 10.2. The van der Waals surface area contributed by atoms with Gasteiger partial charge in [0, 0.05) is 32.9 Å². The van der Waals surface area contributed by atoms with Crippen molar-refractivity contribution in [2.75, 3.05) is 51.6 Å². The summed E-state index contributed by atoms with van der Waals surface area (Å²) < 4.78 is 10.3. The molecule has 0 atom stereocenters. The van der Waals surface area contributed by atoms with E-state index in [-0.39, 0.29) is 5.91 Å². The van der Waals surface area contributed by atoms with Gasteiger partial charge in [-0.25, -0.2) is 0 Å². The minimum atomic E-state index is -0.138. The zero-order valence-electron chi connectivity index (χ0n) is 12.8. The maximum absolute atomic E-state index is 11.5. The standard InChI is InChI=1S/C15H25N3O3/c1-17-15(19)12-5-6-14(13(16)11-12)18-7-3-4-8-21-10-9-20-2/h5-6,11,18H,3-4,7-10,16H2,1-2H3,(H,17,19). The van der Waals surface area contributed by atoms with Crippen LogP contribution in [0, 0.1) is 0 Å². The Morgan fingerprint density at radius 2 is 2.05 bits per heavy atom. The summed E-state index contributed by atoms with van der Waals surface area (Å²) in [4.78, 5) is 11.5. The summed E-state index contributed by atoms with van der Waals surface area (Å²) in [6, 6.07) is 5.26. The van der Waals surface area contributed by atoms with Crippen molar-refractivity contribution in [2.24, 2.45) is 0 Å². The molecule has 0 spiro atoms. The minimum Gasteiger partial charge on any atom is -0.397 e. The second-order valence-electron chi connectivity index (χ2n) is 4.62. The Bertz CT molecular complexity index is 438. The van der Waals surface area contributed by atoms with Gasteiger partial charge in [0.05, 0.1) is 24.6 Å². The summed E-state index contributed by atoms with van der Waals surface area (Å²) in [6.45, 7) is 2.82. The highest BCUT2D eigenvalue weighted by Crippen LogP contribution is 2.19. The van der Waals surface area contributed by atoms with Crippen molar-refractivity contribution < 1.29 is 14.3 Å². The Hall–Kier alpha value is -1.79. The third-order valence-electron chi connectivity index (χ3n) is 3.00. The molecule has 0 aromatic heterocycles. The van der Waals surface area contributed by atoms with Gasteiger partial charge in [-0.05, 0) is 31.0 Å². The SMILES string of the molecule is CNC(=O)c1ccc(NCCCCOCCOC)c(N)c1. The lowest BCUT2D eigenvalue weighted by molar-refractivity contribution is 0.0691. The molecule has 0 saturated carbocycles.